The van der Waals surface area contributed by atoms with E-state index >= 15 is 0 Å². The largest absolute Gasteiger partial charge is 0.293 e. The SMILES string of the molecule is Cc1cccc(CS(=O)(=O)C(C)C(=O)c2ccccc2)c1. The first-order valence-corrected chi connectivity index (χ1v) is 8.48. The van der Waals surface area contributed by atoms with Gasteiger partial charge in [0.1, 0.15) is 5.25 Å². The van der Waals surface area contributed by atoms with Crippen molar-refractivity contribution in [2.45, 2.75) is 24.9 Å². The summed E-state index contributed by atoms with van der Waals surface area (Å²) in [6, 6.07) is 15.9. The second-order valence-corrected chi connectivity index (χ2v) is 7.49. The summed E-state index contributed by atoms with van der Waals surface area (Å²) in [5.74, 6) is -0.475. The number of ketones is 1. The first-order valence-electron chi connectivity index (χ1n) is 6.76. The van der Waals surface area contributed by atoms with E-state index in [1.165, 1.54) is 6.92 Å². The maximum absolute atomic E-state index is 12.4. The fraction of sp³-hybridized carbons (Fsp3) is 0.235. The van der Waals surface area contributed by atoms with E-state index in [1.54, 1.807) is 36.4 Å². The molecule has 0 aliphatic heterocycles. The molecular weight excluding hydrogens is 284 g/mol. The number of hydrogen-bond acceptors (Lipinski definition) is 3. The third-order valence-electron chi connectivity index (χ3n) is 3.42. The molecule has 0 aliphatic rings. The fourth-order valence-electron chi connectivity index (χ4n) is 2.16. The van der Waals surface area contributed by atoms with Gasteiger partial charge in [0, 0.05) is 5.56 Å². The lowest BCUT2D eigenvalue weighted by Gasteiger charge is -2.12. The van der Waals surface area contributed by atoms with E-state index in [9.17, 15) is 13.2 Å². The molecule has 0 aliphatic carbocycles. The average molecular weight is 302 g/mol. The molecule has 4 heteroatoms. The maximum atomic E-state index is 12.4. The normalized spacial score (nSPS) is 12.9. The zero-order chi connectivity index (χ0) is 15.5. The molecule has 0 aromatic heterocycles. The van der Waals surface area contributed by atoms with Crippen LogP contribution < -0.4 is 0 Å². The summed E-state index contributed by atoms with van der Waals surface area (Å²) in [7, 11) is -3.53. The van der Waals surface area contributed by atoms with Crippen molar-refractivity contribution in [3.8, 4) is 0 Å². The smallest absolute Gasteiger partial charge is 0.180 e. The van der Waals surface area contributed by atoms with Crippen LogP contribution in [0.25, 0.3) is 0 Å². The van der Waals surface area contributed by atoms with E-state index < -0.39 is 15.1 Å². The van der Waals surface area contributed by atoms with Crippen molar-refractivity contribution >= 4 is 15.6 Å². The Bertz CT molecular complexity index is 734. The summed E-state index contributed by atoms with van der Waals surface area (Å²) in [5, 5.41) is -1.04. The predicted octanol–water partition coefficient (Wildman–Crippen LogP) is 3.18. The highest BCUT2D eigenvalue weighted by molar-refractivity contribution is 7.92. The van der Waals surface area contributed by atoms with E-state index in [4.69, 9.17) is 0 Å². The number of carbonyl (C=O) groups excluding carboxylic acids is 1. The van der Waals surface area contributed by atoms with Crippen molar-refractivity contribution in [1.29, 1.82) is 0 Å². The molecule has 2 aromatic carbocycles. The molecule has 0 fully saturated rings. The van der Waals surface area contributed by atoms with E-state index in [0.29, 0.717) is 11.1 Å². The summed E-state index contributed by atoms with van der Waals surface area (Å²) in [4.78, 5) is 12.3. The second kappa shape index (κ2) is 6.22. The van der Waals surface area contributed by atoms with Gasteiger partial charge in [0.25, 0.3) is 0 Å². The summed E-state index contributed by atoms with van der Waals surface area (Å²) in [6.45, 7) is 3.37. The first-order chi connectivity index (χ1) is 9.90. The van der Waals surface area contributed by atoms with Crippen LogP contribution in [0.2, 0.25) is 0 Å². The van der Waals surface area contributed by atoms with Crippen molar-refractivity contribution < 1.29 is 13.2 Å². The first kappa shape index (κ1) is 15.4. The van der Waals surface area contributed by atoms with Crippen LogP contribution in [0.1, 0.15) is 28.4 Å². The third kappa shape index (κ3) is 3.79. The summed E-state index contributed by atoms with van der Waals surface area (Å²) < 4.78 is 24.8. The Hall–Kier alpha value is -1.94. The molecule has 2 rings (SSSR count). The minimum absolute atomic E-state index is 0.117. The molecule has 0 N–H and O–H groups in total. The van der Waals surface area contributed by atoms with Crippen molar-refractivity contribution in [2.24, 2.45) is 0 Å². The number of carbonyl (C=O) groups is 1. The number of aryl methyl sites for hydroxylation is 1. The van der Waals surface area contributed by atoms with Gasteiger partial charge in [0.2, 0.25) is 0 Å². The van der Waals surface area contributed by atoms with Gasteiger partial charge in [-0.05, 0) is 19.4 Å². The lowest BCUT2D eigenvalue weighted by atomic mass is 10.1. The molecule has 0 radical (unpaired) electrons. The molecule has 0 saturated heterocycles. The van der Waals surface area contributed by atoms with Gasteiger partial charge in [0.15, 0.2) is 15.6 Å². The lowest BCUT2D eigenvalue weighted by molar-refractivity contribution is 0.0991. The van der Waals surface area contributed by atoms with Gasteiger partial charge in [-0.1, -0.05) is 60.2 Å². The molecular formula is C17H18O3S. The van der Waals surface area contributed by atoms with E-state index in [0.717, 1.165) is 5.56 Å². The zero-order valence-corrected chi connectivity index (χ0v) is 12.9. The van der Waals surface area contributed by atoms with E-state index in [1.807, 2.05) is 25.1 Å². The lowest BCUT2D eigenvalue weighted by Crippen LogP contribution is -2.28. The summed E-state index contributed by atoms with van der Waals surface area (Å²) in [6.07, 6.45) is 0. The van der Waals surface area contributed by atoms with Crippen LogP contribution in [-0.4, -0.2) is 19.5 Å². The molecule has 0 amide bonds. The van der Waals surface area contributed by atoms with Crippen molar-refractivity contribution in [1.82, 2.24) is 0 Å². The van der Waals surface area contributed by atoms with Gasteiger partial charge in [-0.15, -0.1) is 0 Å². The second-order valence-electron chi connectivity index (χ2n) is 5.17. The Morgan fingerprint density at radius 3 is 2.33 bits per heavy atom. The van der Waals surface area contributed by atoms with Gasteiger partial charge in [-0.2, -0.15) is 0 Å². The topological polar surface area (TPSA) is 51.2 Å². The number of benzene rings is 2. The zero-order valence-electron chi connectivity index (χ0n) is 12.1. The molecule has 3 nitrogen and oxygen atoms in total. The molecule has 1 atom stereocenters. The third-order valence-corrected chi connectivity index (χ3v) is 5.44. The van der Waals surface area contributed by atoms with Crippen LogP contribution in [-0.2, 0) is 15.6 Å². The van der Waals surface area contributed by atoms with Crippen LogP contribution >= 0.6 is 0 Å². The number of rotatable bonds is 5. The Labute approximate surface area is 125 Å². The maximum Gasteiger partial charge on any atom is 0.180 e. The monoisotopic (exact) mass is 302 g/mol. The van der Waals surface area contributed by atoms with Crippen molar-refractivity contribution in [2.75, 3.05) is 0 Å². The minimum Gasteiger partial charge on any atom is -0.293 e. The van der Waals surface area contributed by atoms with Crippen LogP contribution in [0.5, 0.6) is 0 Å². The Balaban J connectivity index is 2.21. The van der Waals surface area contributed by atoms with Gasteiger partial charge in [0.05, 0.1) is 5.75 Å². The van der Waals surface area contributed by atoms with Gasteiger partial charge in [-0.3, -0.25) is 4.79 Å². The fourth-order valence-corrected chi connectivity index (χ4v) is 3.52. The highest BCUT2D eigenvalue weighted by Crippen LogP contribution is 2.16. The summed E-state index contributed by atoms with van der Waals surface area (Å²) >= 11 is 0. The molecule has 2 aromatic rings. The summed E-state index contributed by atoms with van der Waals surface area (Å²) in [5.41, 5.74) is 2.14. The van der Waals surface area contributed by atoms with Gasteiger partial charge < -0.3 is 0 Å². The molecule has 0 heterocycles. The standard InChI is InChI=1S/C17H18O3S/c1-13-7-6-8-15(11-13)12-21(19,20)14(2)17(18)16-9-4-3-5-10-16/h3-11,14H,12H2,1-2H3. The molecule has 0 spiro atoms. The average Bonchev–Trinajstić information content (AvgIpc) is 2.46. The Morgan fingerprint density at radius 1 is 1.05 bits per heavy atom. The quantitative estimate of drug-likeness (QED) is 0.797. The molecule has 1 unspecified atom stereocenters. The van der Waals surface area contributed by atoms with Crippen molar-refractivity contribution in [3.05, 3.63) is 71.3 Å². The van der Waals surface area contributed by atoms with Crippen molar-refractivity contribution in [3.63, 3.8) is 0 Å². The van der Waals surface area contributed by atoms with Gasteiger partial charge >= 0.3 is 0 Å². The minimum atomic E-state index is -3.53. The van der Waals surface area contributed by atoms with Crippen LogP contribution in [0.4, 0.5) is 0 Å². The number of Topliss-reactive ketones (excluding diaryl/α,β-unsaturated/α-hetero) is 1. The Morgan fingerprint density at radius 2 is 1.71 bits per heavy atom. The predicted molar refractivity (Wildman–Crippen MR) is 84.0 cm³/mol. The number of sulfone groups is 1. The highest BCUT2D eigenvalue weighted by atomic mass is 32.2. The van der Waals surface area contributed by atoms with Crippen LogP contribution in [0.3, 0.4) is 0 Å². The van der Waals surface area contributed by atoms with Gasteiger partial charge in [-0.25, -0.2) is 8.42 Å². The van der Waals surface area contributed by atoms with Crippen LogP contribution in [0, 0.1) is 6.92 Å². The highest BCUT2D eigenvalue weighted by Gasteiger charge is 2.28. The molecule has 0 bridgehead atoms. The van der Waals surface area contributed by atoms with E-state index in [2.05, 4.69) is 0 Å². The van der Waals surface area contributed by atoms with E-state index in [-0.39, 0.29) is 11.5 Å². The molecule has 0 saturated carbocycles. The molecule has 110 valence electrons. The Kier molecular flexibility index (Phi) is 4.58. The number of hydrogen-bond donors (Lipinski definition) is 0. The van der Waals surface area contributed by atoms with Crippen LogP contribution in [0.15, 0.2) is 54.6 Å². The molecule has 21 heavy (non-hydrogen) atoms.